The van der Waals surface area contributed by atoms with Gasteiger partial charge in [0.1, 0.15) is 12.4 Å². The number of ether oxygens (including phenoxy) is 1. The molecule has 4 nitrogen and oxygen atoms in total. The molecule has 0 spiro atoms. The second-order valence-electron chi connectivity index (χ2n) is 5.10. The molecule has 1 amide bonds. The summed E-state index contributed by atoms with van der Waals surface area (Å²) in [7, 11) is 0. The van der Waals surface area contributed by atoms with E-state index in [0.717, 1.165) is 25.9 Å². The van der Waals surface area contributed by atoms with E-state index in [0.29, 0.717) is 18.2 Å². The minimum atomic E-state index is -0.331. The number of carbonyl (C=O) groups is 1. The van der Waals surface area contributed by atoms with Crippen molar-refractivity contribution in [2.75, 3.05) is 24.6 Å². The summed E-state index contributed by atoms with van der Waals surface area (Å²) >= 11 is 0. The molecule has 2 saturated heterocycles. The van der Waals surface area contributed by atoms with Crippen LogP contribution in [0.1, 0.15) is 12.8 Å². The fourth-order valence-corrected chi connectivity index (χ4v) is 2.89. The molecule has 0 aliphatic carbocycles. The first-order valence-corrected chi connectivity index (χ1v) is 6.68. The molecule has 2 aliphatic heterocycles. The van der Waals surface area contributed by atoms with Crippen LogP contribution in [0.3, 0.4) is 0 Å². The Hall–Kier alpha value is -1.62. The molecule has 0 saturated carbocycles. The van der Waals surface area contributed by atoms with E-state index in [1.165, 1.54) is 12.1 Å². The van der Waals surface area contributed by atoms with Crippen molar-refractivity contribution >= 4 is 11.8 Å². The Morgan fingerprint density at radius 1 is 1.32 bits per heavy atom. The molecular weight excluding hydrogens is 247 g/mol. The maximum Gasteiger partial charge on any atom is 0.414 e. The number of nitrogens with one attached hydrogen (secondary N) is 1. The summed E-state index contributed by atoms with van der Waals surface area (Å²) in [6.07, 6.45) is 1.88. The van der Waals surface area contributed by atoms with Crippen molar-refractivity contribution in [3.05, 3.63) is 30.1 Å². The van der Waals surface area contributed by atoms with Gasteiger partial charge in [0.25, 0.3) is 0 Å². The molecule has 2 unspecified atom stereocenters. The highest BCUT2D eigenvalue weighted by Crippen LogP contribution is 2.29. The lowest BCUT2D eigenvalue weighted by atomic mass is 9.91. The summed E-state index contributed by atoms with van der Waals surface area (Å²) in [6, 6.07) is 6.05. The average Bonchev–Trinajstić information content (AvgIpc) is 2.83. The monoisotopic (exact) mass is 264 g/mol. The number of nitrogens with zero attached hydrogens (tertiary/aromatic N) is 1. The van der Waals surface area contributed by atoms with E-state index in [1.807, 2.05) is 0 Å². The van der Waals surface area contributed by atoms with Crippen molar-refractivity contribution in [3.8, 4) is 0 Å². The molecule has 5 heteroatoms. The number of hydrogen-bond donors (Lipinski definition) is 1. The zero-order valence-corrected chi connectivity index (χ0v) is 10.6. The Labute approximate surface area is 111 Å². The molecule has 2 aliphatic rings. The zero-order chi connectivity index (χ0) is 13.2. The number of amides is 1. The van der Waals surface area contributed by atoms with Gasteiger partial charge in [-0.3, -0.25) is 4.90 Å². The van der Waals surface area contributed by atoms with E-state index in [-0.39, 0.29) is 18.0 Å². The molecule has 0 radical (unpaired) electrons. The number of carbonyl (C=O) groups excluding carboxylic acids is 1. The summed E-state index contributed by atoms with van der Waals surface area (Å²) in [4.78, 5) is 13.6. The summed E-state index contributed by atoms with van der Waals surface area (Å²) < 4.78 is 18.2. The summed E-state index contributed by atoms with van der Waals surface area (Å²) in [5.74, 6) is 0.0949. The minimum absolute atomic E-state index is 0.0470. The first-order valence-electron chi connectivity index (χ1n) is 6.68. The SMILES string of the molecule is O=C1OCC(C2CCCNC2)N1c1ccc(F)cc1. The smallest absolute Gasteiger partial charge is 0.414 e. The van der Waals surface area contributed by atoms with Gasteiger partial charge in [-0.25, -0.2) is 9.18 Å². The van der Waals surface area contributed by atoms with Crippen molar-refractivity contribution in [1.82, 2.24) is 5.32 Å². The lowest BCUT2D eigenvalue weighted by Gasteiger charge is -2.32. The van der Waals surface area contributed by atoms with Crippen LogP contribution in [-0.4, -0.2) is 31.8 Å². The maximum atomic E-state index is 13.0. The standard InChI is InChI=1S/C14H17FN2O2/c15-11-3-5-12(6-4-11)17-13(9-19-14(17)18)10-2-1-7-16-8-10/h3-6,10,13,16H,1-2,7-9H2. The van der Waals surface area contributed by atoms with Crippen LogP contribution >= 0.6 is 0 Å². The van der Waals surface area contributed by atoms with Gasteiger partial charge >= 0.3 is 6.09 Å². The molecule has 2 fully saturated rings. The van der Waals surface area contributed by atoms with Crippen LogP contribution in [0.15, 0.2) is 24.3 Å². The Morgan fingerprint density at radius 3 is 2.79 bits per heavy atom. The molecule has 19 heavy (non-hydrogen) atoms. The largest absolute Gasteiger partial charge is 0.447 e. The van der Waals surface area contributed by atoms with E-state index in [4.69, 9.17) is 4.74 Å². The van der Waals surface area contributed by atoms with E-state index in [2.05, 4.69) is 5.32 Å². The van der Waals surface area contributed by atoms with Gasteiger partial charge in [0.2, 0.25) is 0 Å². The molecule has 3 rings (SSSR count). The summed E-state index contributed by atoms with van der Waals surface area (Å²) in [5, 5.41) is 3.35. The molecule has 0 bridgehead atoms. The van der Waals surface area contributed by atoms with Gasteiger partial charge in [-0.15, -0.1) is 0 Å². The number of rotatable bonds is 2. The van der Waals surface area contributed by atoms with Crippen molar-refractivity contribution in [3.63, 3.8) is 0 Å². The minimum Gasteiger partial charge on any atom is -0.447 e. The summed E-state index contributed by atoms with van der Waals surface area (Å²) in [6.45, 7) is 2.36. The van der Waals surface area contributed by atoms with E-state index < -0.39 is 0 Å². The van der Waals surface area contributed by atoms with Gasteiger partial charge in [-0.2, -0.15) is 0 Å². The third-order valence-corrected chi connectivity index (χ3v) is 3.89. The highest BCUT2D eigenvalue weighted by atomic mass is 19.1. The van der Waals surface area contributed by atoms with Crippen LogP contribution in [0.25, 0.3) is 0 Å². The predicted molar refractivity (Wildman–Crippen MR) is 69.6 cm³/mol. The second kappa shape index (κ2) is 5.17. The number of piperidine rings is 1. The molecule has 2 atom stereocenters. The Balaban J connectivity index is 1.83. The van der Waals surface area contributed by atoms with E-state index in [1.54, 1.807) is 17.0 Å². The molecule has 102 valence electrons. The molecule has 0 aromatic heterocycles. The number of cyclic esters (lactones) is 1. The lowest BCUT2D eigenvalue weighted by molar-refractivity contribution is 0.174. The Morgan fingerprint density at radius 2 is 2.11 bits per heavy atom. The van der Waals surface area contributed by atoms with Crippen molar-refractivity contribution in [1.29, 1.82) is 0 Å². The maximum absolute atomic E-state index is 13.0. The molecule has 2 heterocycles. The topological polar surface area (TPSA) is 41.6 Å². The lowest BCUT2D eigenvalue weighted by Crippen LogP contribution is -2.45. The van der Waals surface area contributed by atoms with Crippen LogP contribution in [0.4, 0.5) is 14.9 Å². The van der Waals surface area contributed by atoms with Crippen LogP contribution in [0.2, 0.25) is 0 Å². The second-order valence-corrected chi connectivity index (χ2v) is 5.10. The molecule has 1 aromatic carbocycles. The van der Waals surface area contributed by atoms with Crippen LogP contribution in [0, 0.1) is 11.7 Å². The van der Waals surface area contributed by atoms with Gasteiger partial charge in [-0.05, 0) is 49.6 Å². The van der Waals surface area contributed by atoms with Crippen molar-refractivity contribution in [2.45, 2.75) is 18.9 Å². The highest BCUT2D eigenvalue weighted by Gasteiger charge is 2.39. The average molecular weight is 264 g/mol. The van der Waals surface area contributed by atoms with Gasteiger partial charge in [0, 0.05) is 12.2 Å². The third kappa shape index (κ3) is 2.42. The normalized spacial score (nSPS) is 27.4. The highest BCUT2D eigenvalue weighted by molar-refractivity contribution is 5.90. The molecule has 1 aromatic rings. The fraction of sp³-hybridized carbons (Fsp3) is 0.500. The summed E-state index contributed by atoms with van der Waals surface area (Å²) in [5.41, 5.74) is 0.708. The Kier molecular flexibility index (Phi) is 3.38. The van der Waals surface area contributed by atoms with Crippen molar-refractivity contribution in [2.24, 2.45) is 5.92 Å². The number of benzene rings is 1. The van der Waals surface area contributed by atoms with Crippen LogP contribution in [-0.2, 0) is 4.74 Å². The van der Waals surface area contributed by atoms with E-state index >= 15 is 0 Å². The predicted octanol–water partition coefficient (Wildman–Crippen LogP) is 2.15. The number of anilines is 1. The first-order chi connectivity index (χ1) is 9.25. The van der Waals surface area contributed by atoms with Gasteiger partial charge in [0.05, 0.1) is 6.04 Å². The van der Waals surface area contributed by atoms with Gasteiger partial charge in [-0.1, -0.05) is 0 Å². The van der Waals surface area contributed by atoms with E-state index in [9.17, 15) is 9.18 Å². The van der Waals surface area contributed by atoms with Crippen LogP contribution < -0.4 is 10.2 Å². The molecular formula is C14H17FN2O2. The first kappa shape index (κ1) is 12.4. The Bertz CT molecular complexity index is 457. The molecule has 1 N–H and O–H groups in total. The van der Waals surface area contributed by atoms with Crippen LogP contribution in [0.5, 0.6) is 0 Å². The van der Waals surface area contributed by atoms with Gasteiger partial charge in [0.15, 0.2) is 0 Å². The fourth-order valence-electron chi connectivity index (χ4n) is 2.89. The number of hydrogen-bond acceptors (Lipinski definition) is 3. The third-order valence-electron chi connectivity index (χ3n) is 3.89. The zero-order valence-electron chi connectivity index (χ0n) is 10.6. The van der Waals surface area contributed by atoms with Crippen molar-refractivity contribution < 1.29 is 13.9 Å². The quantitative estimate of drug-likeness (QED) is 0.890. The van der Waals surface area contributed by atoms with Gasteiger partial charge < -0.3 is 10.1 Å². The number of halogens is 1.